The van der Waals surface area contributed by atoms with Crippen LogP contribution in [0.5, 0.6) is 0 Å². The highest BCUT2D eigenvalue weighted by atomic mass is 32.2. The molecule has 1 aliphatic rings. The number of amides is 2. The van der Waals surface area contributed by atoms with E-state index in [1.165, 1.54) is 5.56 Å². The fraction of sp³-hybridized carbons (Fsp3) is 0.167. The lowest BCUT2D eigenvalue weighted by molar-refractivity contribution is -0.115. The van der Waals surface area contributed by atoms with Crippen LogP contribution in [0.15, 0.2) is 78.9 Å². The van der Waals surface area contributed by atoms with Gasteiger partial charge < -0.3 is 5.32 Å². The number of nitrogens with one attached hydrogen (secondary N) is 1. The number of carbonyl (C=O) groups excluding carboxylic acids is 2. The molecule has 2 amide bonds. The van der Waals surface area contributed by atoms with Gasteiger partial charge in [-0.3, -0.25) is 14.5 Å². The topological polar surface area (TPSA) is 49.4 Å². The average Bonchev–Trinajstić information content (AvgIpc) is 3.16. The van der Waals surface area contributed by atoms with Crippen molar-refractivity contribution in [2.24, 2.45) is 0 Å². The Balaban J connectivity index is 1.59. The molecule has 1 fully saturated rings. The van der Waals surface area contributed by atoms with Gasteiger partial charge in [0, 0.05) is 16.9 Å². The van der Waals surface area contributed by atoms with Gasteiger partial charge in [0.1, 0.15) is 5.37 Å². The number of benzene rings is 3. The maximum atomic E-state index is 12.6. The number of hydrogen-bond acceptors (Lipinski definition) is 3. The Bertz CT molecular complexity index is 1040. The van der Waals surface area contributed by atoms with Crippen LogP contribution >= 0.6 is 11.8 Å². The normalized spacial score (nSPS) is 16.1. The molecular formula is C24H22N2O2S. The highest BCUT2D eigenvalue weighted by Crippen LogP contribution is 2.42. The molecule has 4 rings (SSSR count). The van der Waals surface area contributed by atoms with E-state index in [1.807, 2.05) is 59.5 Å². The first-order valence-electron chi connectivity index (χ1n) is 9.64. The van der Waals surface area contributed by atoms with E-state index in [4.69, 9.17) is 0 Å². The zero-order valence-electron chi connectivity index (χ0n) is 16.2. The molecule has 1 N–H and O–H groups in total. The van der Waals surface area contributed by atoms with Gasteiger partial charge in [-0.2, -0.15) is 0 Å². The molecule has 0 aromatic heterocycles. The molecule has 0 saturated carbocycles. The predicted octanol–water partition coefficient (Wildman–Crippen LogP) is 5.28. The van der Waals surface area contributed by atoms with Gasteiger partial charge in [0.05, 0.1) is 5.75 Å². The van der Waals surface area contributed by atoms with Gasteiger partial charge >= 0.3 is 0 Å². The molecule has 0 aliphatic carbocycles. The van der Waals surface area contributed by atoms with Crippen molar-refractivity contribution in [3.63, 3.8) is 0 Å². The van der Waals surface area contributed by atoms with E-state index in [9.17, 15) is 9.59 Å². The smallest absolute Gasteiger partial charge is 0.255 e. The van der Waals surface area contributed by atoms with E-state index in [2.05, 4.69) is 24.4 Å². The summed E-state index contributed by atoms with van der Waals surface area (Å²) in [7, 11) is 0. The Morgan fingerprint density at radius 3 is 2.62 bits per heavy atom. The monoisotopic (exact) mass is 402 g/mol. The minimum absolute atomic E-state index is 0.104. The van der Waals surface area contributed by atoms with E-state index in [1.54, 1.807) is 23.9 Å². The fourth-order valence-corrected chi connectivity index (χ4v) is 4.61. The molecule has 0 unspecified atom stereocenters. The second kappa shape index (κ2) is 8.53. The molecule has 146 valence electrons. The first-order valence-corrected chi connectivity index (χ1v) is 10.7. The Morgan fingerprint density at radius 2 is 1.83 bits per heavy atom. The largest absolute Gasteiger partial charge is 0.322 e. The minimum Gasteiger partial charge on any atom is -0.322 e. The van der Waals surface area contributed by atoms with E-state index in [0.29, 0.717) is 11.3 Å². The zero-order valence-corrected chi connectivity index (χ0v) is 17.0. The number of carbonyl (C=O) groups is 2. The van der Waals surface area contributed by atoms with Gasteiger partial charge in [-0.25, -0.2) is 0 Å². The first kappa shape index (κ1) is 19.3. The molecule has 29 heavy (non-hydrogen) atoms. The number of hydrogen-bond donors (Lipinski definition) is 1. The summed E-state index contributed by atoms with van der Waals surface area (Å²) in [6.07, 6.45) is 0.925. The summed E-state index contributed by atoms with van der Waals surface area (Å²) in [6, 6.07) is 25.0. The van der Waals surface area contributed by atoms with Crippen LogP contribution in [-0.2, 0) is 11.2 Å². The summed E-state index contributed by atoms with van der Waals surface area (Å²) in [5.41, 5.74) is 4.45. The van der Waals surface area contributed by atoms with Crippen molar-refractivity contribution in [1.29, 1.82) is 0 Å². The van der Waals surface area contributed by atoms with Crippen LogP contribution in [0.1, 0.15) is 33.8 Å². The minimum atomic E-state index is -0.148. The van der Waals surface area contributed by atoms with E-state index in [0.717, 1.165) is 23.4 Å². The summed E-state index contributed by atoms with van der Waals surface area (Å²) in [5.74, 6) is 0.402. The third kappa shape index (κ3) is 4.20. The highest BCUT2D eigenvalue weighted by molar-refractivity contribution is 8.00. The summed E-state index contributed by atoms with van der Waals surface area (Å²) < 4.78 is 0. The quantitative estimate of drug-likeness (QED) is 0.632. The summed E-state index contributed by atoms with van der Waals surface area (Å²) in [4.78, 5) is 27.0. The van der Waals surface area contributed by atoms with Crippen LogP contribution in [0.4, 0.5) is 11.4 Å². The molecule has 4 nitrogen and oxygen atoms in total. The lowest BCUT2D eigenvalue weighted by atomic mass is 10.1. The number of aryl methyl sites for hydroxylation is 1. The Morgan fingerprint density at radius 1 is 1.03 bits per heavy atom. The first-order chi connectivity index (χ1) is 14.2. The van der Waals surface area contributed by atoms with E-state index >= 15 is 0 Å². The molecule has 1 atom stereocenters. The lowest BCUT2D eigenvalue weighted by Gasteiger charge is -2.25. The van der Waals surface area contributed by atoms with Crippen LogP contribution in [0.25, 0.3) is 0 Å². The molecule has 3 aromatic rings. The molecular weight excluding hydrogens is 380 g/mol. The van der Waals surface area contributed by atoms with Crippen molar-refractivity contribution in [3.8, 4) is 0 Å². The maximum absolute atomic E-state index is 12.6. The molecule has 3 aromatic carbocycles. The maximum Gasteiger partial charge on any atom is 0.255 e. The Kier molecular flexibility index (Phi) is 5.67. The number of thioether (sulfide) groups is 1. The van der Waals surface area contributed by atoms with Crippen LogP contribution in [0.2, 0.25) is 0 Å². The van der Waals surface area contributed by atoms with Crippen molar-refractivity contribution in [2.75, 3.05) is 16.0 Å². The summed E-state index contributed by atoms with van der Waals surface area (Å²) >= 11 is 1.61. The molecule has 0 spiro atoms. The van der Waals surface area contributed by atoms with Crippen molar-refractivity contribution in [2.45, 2.75) is 18.7 Å². The van der Waals surface area contributed by atoms with Gasteiger partial charge in [-0.05, 0) is 53.9 Å². The lowest BCUT2D eigenvalue weighted by Crippen LogP contribution is -2.28. The molecule has 1 aliphatic heterocycles. The van der Waals surface area contributed by atoms with Gasteiger partial charge in [0.2, 0.25) is 5.91 Å². The fourth-order valence-electron chi connectivity index (χ4n) is 3.44. The van der Waals surface area contributed by atoms with Gasteiger partial charge in [0.25, 0.3) is 5.91 Å². The van der Waals surface area contributed by atoms with Gasteiger partial charge in [0.15, 0.2) is 0 Å². The number of anilines is 2. The molecule has 5 heteroatoms. The van der Waals surface area contributed by atoms with Crippen LogP contribution in [-0.4, -0.2) is 17.6 Å². The van der Waals surface area contributed by atoms with Crippen LogP contribution < -0.4 is 10.2 Å². The van der Waals surface area contributed by atoms with Crippen molar-refractivity contribution >= 4 is 35.0 Å². The third-order valence-corrected chi connectivity index (χ3v) is 6.14. The van der Waals surface area contributed by atoms with E-state index < -0.39 is 0 Å². The molecule has 1 heterocycles. The van der Waals surface area contributed by atoms with Crippen molar-refractivity contribution in [1.82, 2.24) is 0 Å². The van der Waals surface area contributed by atoms with E-state index in [-0.39, 0.29) is 17.2 Å². The Labute approximate surface area is 174 Å². The van der Waals surface area contributed by atoms with Crippen molar-refractivity contribution in [3.05, 3.63) is 95.6 Å². The standard InChI is InChI=1S/C24H22N2O2S/c1-2-17-8-6-13-21(14-17)26-22(27)16-29-24(26)19-11-7-12-20(15-19)25-23(28)18-9-4-3-5-10-18/h3-15,24H,2,16H2,1H3,(H,25,28)/t24-/m0/s1. The second-order valence-corrected chi connectivity index (χ2v) is 7.96. The second-order valence-electron chi connectivity index (χ2n) is 6.90. The van der Waals surface area contributed by atoms with Gasteiger partial charge in [-0.15, -0.1) is 11.8 Å². The molecule has 0 bridgehead atoms. The van der Waals surface area contributed by atoms with Crippen molar-refractivity contribution < 1.29 is 9.59 Å². The molecule has 0 radical (unpaired) electrons. The van der Waals surface area contributed by atoms with Crippen LogP contribution in [0, 0.1) is 0 Å². The average molecular weight is 403 g/mol. The van der Waals surface area contributed by atoms with Crippen LogP contribution in [0.3, 0.4) is 0 Å². The summed E-state index contributed by atoms with van der Waals surface area (Å²) in [5, 5.41) is 2.85. The molecule has 1 saturated heterocycles. The Hall–Kier alpha value is -3.05. The third-order valence-electron chi connectivity index (χ3n) is 4.93. The predicted molar refractivity (Wildman–Crippen MR) is 119 cm³/mol. The zero-order chi connectivity index (χ0) is 20.2. The number of nitrogens with zero attached hydrogens (tertiary/aromatic N) is 1. The number of rotatable bonds is 5. The summed E-state index contributed by atoms with van der Waals surface area (Å²) in [6.45, 7) is 2.11. The SMILES string of the molecule is CCc1cccc(N2C(=O)CS[C@H]2c2cccc(NC(=O)c3ccccc3)c2)c1. The van der Waals surface area contributed by atoms with Gasteiger partial charge in [-0.1, -0.05) is 49.4 Å². The highest BCUT2D eigenvalue weighted by Gasteiger charge is 2.34.